The average molecular weight is 492 g/mol. The minimum Gasteiger partial charge on any atom is -0.454 e. The van der Waals surface area contributed by atoms with Gasteiger partial charge in [-0.05, 0) is 35.9 Å². The average Bonchev–Trinajstić information content (AvgIpc) is 2.88. The van der Waals surface area contributed by atoms with Crippen molar-refractivity contribution in [3.05, 3.63) is 102 Å². The van der Waals surface area contributed by atoms with Crippen LogP contribution in [0.4, 0.5) is 14.5 Å². The summed E-state index contributed by atoms with van der Waals surface area (Å²) in [6.07, 6.45) is 1.41. The first-order valence-corrected chi connectivity index (χ1v) is 12.3. The molecule has 3 aromatic carbocycles. The SMILES string of the molecule is O=C(C[N+]12CCC(CC1)[C@@H](OC(=O)C(Nc1cccc(F)c1)c1cccc(F)c1)C2)c1ccccc1. The molecule has 36 heavy (non-hydrogen) atoms. The van der Waals surface area contributed by atoms with Crippen molar-refractivity contribution in [2.45, 2.75) is 25.0 Å². The molecule has 0 radical (unpaired) electrons. The number of fused-ring (bicyclic) bond motifs is 3. The number of nitrogens with zero attached hydrogens (tertiary/aromatic N) is 1. The van der Waals surface area contributed by atoms with Crippen LogP contribution in [-0.2, 0) is 9.53 Å². The zero-order chi connectivity index (χ0) is 25.1. The van der Waals surface area contributed by atoms with Gasteiger partial charge in [-0.15, -0.1) is 0 Å². The Bertz CT molecular complexity index is 1240. The van der Waals surface area contributed by atoms with E-state index in [0.29, 0.717) is 34.4 Å². The first kappa shape index (κ1) is 24.1. The van der Waals surface area contributed by atoms with E-state index in [1.54, 1.807) is 12.1 Å². The molecular weight excluding hydrogens is 462 g/mol. The summed E-state index contributed by atoms with van der Waals surface area (Å²) in [5.41, 5.74) is 1.48. The Labute approximate surface area is 209 Å². The minimum absolute atomic E-state index is 0.0893. The predicted octanol–water partition coefficient (Wildman–Crippen LogP) is 5.15. The van der Waals surface area contributed by atoms with E-state index in [1.165, 1.54) is 36.4 Å². The highest BCUT2D eigenvalue weighted by Crippen LogP contribution is 2.37. The third kappa shape index (κ3) is 5.31. The lowest BCUT2D eigenvalue weighted by Crippen LogP contribution is -2.65. The summed E-state index contributed by atoms with van der Waals surface area (Å²) in [7, 11) is 0. The summed E-state index contributed by atoms with van der Waals surface area (Å²) >= 11 is 0. The van der Waals surface area contributed by atoms with Gasteiger partial charge in [-0.2, -0.15) is 0 Å². The highest BCUT2D eigenvalue weighted by Gasteiger charge is 2.49. The molecule has 7 heteroatoms. The van der Waals surface area contributed by atoms with Crippen LogP contribution in [0.15, 0.2) is 78.9 Å². The van der Waals surface area contributed by atoms with Gasteiger partial charge < -0.3 is 14.5 Å². The van der Waals surface area contributed by atoms with E-state index in [0.717, 1.165) is 25.9 Å². The van der Waals surface area contributed by atoms with Gasteiger partial charge in [0.05, 0.1) is 13.1 Å². The van der Waals surface area contributed by atoms with E-state index in [2.05, 4.69) is 5.32 Å². The van der Waals surface area contributed by atoms with Crippen LogP contribution < -0.4 is 5.32 Å². The predicted molar refractivity (Wildman–Crippen MR) is 132 cm³/mol. The molecule has 186 valence electrons. The van der Waals surface area contributed by atoms with E-state index in [4.69, 9.17) is 4.74 Å². The molecule has 0 amide bonds. The third-order valence-electron chi connectivity index (χ3n) is 7.44. The smallest absolute Gasteiger partial charge is 0.333 e. The topological polar surface area (TPSA) is 55.4 Å². The van der Waals surface area contributed by atoms with Gasteiger partial charge in [0, 0.05) is 30.0 Å². The maximum absolute atomic E-state index is 14.0. The van der Waals surface area contributed by atoms with Crippen molar-refractivity contribution in [1.82, 2.24) is 0 Å². The summed E-state index contributed by atoms with van der Waals surface area (Å²) in [5.74, 6) is -1.15. The van der Waals surface area contributed by atoms with Crippen molar-refractivity contribution in [2.75, 3.05) is 31.5 Å². The Morgan fingerprint density at radius 1 is 0.917 bits per heavy atom. The van der Waals surface area contributed by atoms with Crippen molar-refractivity contribution in [2.24, 2.45) is 5.92 Å². The summed E-state index contributed by atoms with van der Waals surface area (Å²) in [4.78, 5) is 26.4. The Balaban J connectivity index is 1.33. The van der Waals surface area contributed by atoms with E-state index < -0.39 is 23.6 Å². The number of hydrogen-bond donors (Lipinski definition) is 1. The van der Waals surface area contributed by atoms with Crippen LogP contribution in [-0.4, -0.2) is 48.5 Å². The second-order valence-corrected chi connectivity index (χ2v) is 9.87. The fourth-order valence-electron chi connectivity index (χ4n) is 5.52. The van der Waals surface area contributed by atoms with Crippen LogP contribution in [0.5, 0.6) is 0 Å². The number of carbonyl (C=O) groups is 2. The second-order valence-electron chi connectivity index (χ2n) is 9.87. The van der Waals surface area contributed by atoms with Gasteiger partial charge in [0.25, 0.3) is 0 Å². The molecule has 0 spiro atoms. The van der Waals surface area contributed by atoms with Crippen LogP contribution >= 0.6 is 0 Å². The lowest BCUT2D eigenvalue weighted by atomic mass is 9.82. The number of quaternary nitrogens is 1. The number of piperidine rings is 3. The van der Waals surface area contributed by atoms with Gasteiger partial charge in [-0.1, -0.05) is 48.5 Å². The lowest BCUT2D eigenvalue weighted by molar-refractivity contribution is -0.938. The molecule has 3 aliphatic heterocycles. The summed E-state index contributed by atoms with van der Waals surface area (Å²) in [6.45, 7) is 2.71. The van der Waals surface area contributed by atoms with Crippen molar-refractivity contribution >= 4 is 17.4 Å². The van der Waals surface area contributed by atoms with E-state index in [-0.39, 0.29) is 17.8 Å². The molecule has 5 nitrogen and oxygen atoms in total. The molecule has 2 atom stereocenters. The highest BCUT2D eigenvalue weighted by atomic mass is 19.1. The molecule has 0 aliphatic carbocycles. The molecule has 3 heterocycles. The van der Waals surface area contributed by atoms with Gasteiger partial charge in [0.1, 0.15) is 24.7 Å². The second kappa shape index (κ2) is 10.2. The van der Waals surface area contributed by atoms with E-state index >= 15 is 0 Å². The summed E-state index contributed by atoms with van der Waals surface area (Å²) < 4.78 is 34.4. The fourth-order valence-corrected chi connectivity index (χ4v) is 5.52. The molecule has 1 unspecified atom stereocenters. The minimum atomic E-state index is -1.00. The Hall–Kier alpha value is -3.58. The molecule has 1 N–H and O–H groups in total. The number of halogens is 2. The molecule has 3 saturated heterocycles. The monoisotopic (exact) mass is 491 g/mol. The quantitative estimate of drug-likeness (QED) is 0.269. The number of anilines is 1. The molecule has 3 aromatic rings. The molecule has 0 aromatic heterocycles. The number of ketones is 1. The van der Waals surface area contributed by atoms with Gasteiger partial charge in [-0.3, -0.25) is 4.79 Å². The molecule has 3 aliphatic rings. The van der Waals surface area contributed by atoms with E-state index in [9.17, 15) is 18.4 Å². The molecule has 6 rings (SSSR count). The molecular formula is C29H29F2N2O3+. The standard InChI is InChI=1S/C29H29F2N2O3/c30-23-9-4-8-22(16-23)28(32-25-11-5-10-24(31)17-25)29(35)36-27-19-33(14-12-21(27)13-15-33)18-26(34)20-6-2-1-3-7-20/h1-11,16-17,21,27-28,32H,12-15,18-19H2/q+1/t21?,27-,28?,33?/m0/s1. The van der Waals surface area contributed by atoms with Crippen LogP contribution in [0.3, 0.4) is 0 Å². The zero-order valence-corrected chi connectivity index (χ0v) is 19.9. The van der Waals surface area contributed by atoms with Crippen molar-refractivity contribution in [3.8, 4) is 0 Å². The number of Topliss-reactive ketones (excluding diaryl/α,β-unsaturated/α-hetero) is 1. The first-order chi connectivity index (χ1) is 17.4. The number of carbonyl (C=O) groups excluding carboxylic acids is 2. The fraction of sp³-hybridized carbons (Fsp3) is 0.310. The number of benzene rings is 3. The van der Waals surface area contributed by atoms with Gasteiger partial charge in [-0.25, -0.2) is 13.6 Å². The Morgan fingerprint density at radius 3 is 2.31 bits per heavy atom. The number of ether oxygens (including phenoxy) is 1. The highest BCUT2D eigenvalue weighted by molar-refractivity contribution is 5.97. The Kier molecular flexibility index (Phi) is 6.83. The number of rotatable bonds is 8. The maximum Gasteiger partial charge on any atom is 0.333 e. The van der Waals surface area contributed by atoms with Gasteiger partial charge >= 0.3 is 5.97 Å². The normalized spacial score (nSPS) is 23.6. The van der Waals surface area contributed by atoms with Crippen LogP contribution in [0.1, 0.15) is 34.8 Å². The van der Waals surface area contributed by atoms with Crippen LogP contribution in [0.25, 0.3) is 0 Å². The van der Waals surface area contributed by atoms with Gasteiger partial charge in [0.15, 0.2) is 12.1 Å². The Morgan fingerprint density at radius 2 is 1.61 bits per heavy atom. The first-order valence-electron chi connectivity index (χ1n) is 12.3. The summed E-state index contributed by atoms with van der Waals surface area (Å²) in [5, 5.41) is 3.02. The molecule has 0 saturated carbocycles. The number of nitrogens with one attached hydrogen (secondary N) is 1. The molecule has 2 bridgehead atoms. The maximum atomic E-state index is 14.0. The van der Waals surface area contributed by atoms with Gasteiger partial charge in [0.2, 0.25) is 5.78 Å². The lowest BCUT2D eigenvalue weighted by Gasteiger charge is -2.51. The van der Waals surface area contributed by atoms with Crippen molar-refractivity contribution < 1.29 is 27.6 Å². The number of esters is 1. The largest absolute Gasteiger partial charge is 0.454 e. The summed E-state index contributed by atoms with van der Waals surface area (Å²) in [6, 6.07) is 19.8. The van der Waals surface area contributed by atoms with Crippen molar-refractivity contribution in [1.29, 1.82) is 0 Å². The number of hydrogen-bond acceptors (Lipinski definition) is 4. The van der Waals surface area contributed by atoms with Crippen LogP contribution in [0, 0.1) is 17.6 Å². The third-order valence-corrected chi connectivity index (χ3v) is 7.44. The molecule has 3 fully saturated rings. The zero-order valence-electron chi connectivity index (χ0n) is 19.9. The van der Waals surface area contributed by atoms with Crippen molar-refractivity contribution in [3.63, 3.8) is 0 Å². The van der Waals surface area contributed by atoms with Crippen LogP contribution in [0.2, 0.25) is 0 Å². The van der Waals surface area contributed by atoms with E-state index in [1.807, 2.05) is 30.3 Å².